The zero-order valence-electron chi connectivity index (χ0n) is 10.8. The van der Waals surface area contributed by atoms with E-state index in [1.54, 1.807) is 19.2 Å². The van der Waals surface area contributed by atoms with Gasteiger partial charge in [0.15, 0.2) is 0 Å². The molecule has 0 unspecified atom stereocenters. The lowest BCUT2D eigenvalue weighted by molar-refractivity contribution is 0.0951. The van der Waals surface area contributed by atoms with Gasteiger partial charge in [0, 0.05) is 24.2 Å². The van der Waals surface area contributed by atoms with Gasteiger partial charge in [0.1, 0.15) is 11.0 Å². The molecule has 0 aliphatic heterocycles. The molecule has 2 N–H and O–H groups in total. The number of aromatic nitrogens is 1. The van der Waals surface area contributed by atoms with E-state index in [-0.39, 0.29) is 11.1 Å². The first kappa shape index (κ1) is 14.6. The van der Waals surface area contributed by atoms with Crippen molar-refractivity contribution in [3.63, 3.8) is 0 Å². The van der Waals surface area contributed by atoms with E-state index in [1.807, 2.05) is 18.2 Å². The van der Waals surface area contributed by atoms with Crippen molar-refractivity contribution in [1.82, 2.24) is 10.3 Å². The van der Waals surface area contributed by atoms with E-state index in [4.69, 9.17) is 23.2 Å². The third-order valence-electron chi connectivity index (χ3n) is 2.71. The lowest BCUT2D eigenvalue weighted by atomic mass is 10.2. The minimum Gasteiger partial charge on any atom is -0.373 e. The molecule has 1 aromatic heterocycles. The fraction of sp³-hybridized carbons (Fsp3) is 0.143. The van der Waals surface area contributed by atoms with Gasteiger partial charge in [-0.1, -0.05) is 41.4 Å². The first-order chi connectivity index (χ1) is 9.60. The molecule has 1 heterocycles. The molecule has 20 heavy (non-hydrogen) atoms. The Balaban J connectivity index is 2.09. The predicted molar refractivity (Wildman–Crippen MR) is 81.4 cm³/mol. The SMILES string of the molecule is CNc1cc(C(=O)NCc2ccccc2Cl)cc(Cl)n1. The number of benzene rings is 1. The maximum absolute atomic E-state index is 12.1. The average Bonchev–Trinajstić information content (AvgIpc) is 2.45. The standard InChI is InChI=1S/C14H13Cl2N3O/c1-17-13-7-10(6-12(16)19-13)14(20)18-8-9-4-2-3-5-11(9)15/h2-7H,8H2,1H3,(H,17,19)(H,18,20). The second kappa shape index (κ2) is 6.59. The van der Waals surface area contributed by atoms with Crippen molar-refractivity contribution in [3.05, 3.63) is 57.7 Å². The third kappa shape index (κ3) is 3.62. The number of hydrogen-bond acceptors (Lipinski definition) is 3. The quantitative estimate of drug-likeness (QED) is 0.851. The fourth-order valence-electron chi connectivity index (χ4n) is 1.68. The van der Waals surface area contributed by atoms with Crippen LogP contribution in [0.15, 0.2) is 36.4 Å². The molecule has 104 valence electrons. The van der Waals surface area contributed by atoms with Gasteiger partial charge in [-0.2, -0.15) is 0 Å². The Hall–Kier alpha value is -1.78. The van der Waals surface area contributed by atoms with Crippen LogP contribution in [0.4, 0.5) is 5.82 Å². The summed E-state index contributed by atoms with van der Waals surface area (Å²) in [4.78, 5) is 16.1. The maximum Gasteiger partial charge on any atom is 0.251 e. The predicted octanol–water partition coefficient (Wildman–Crippen LogP) is 3.36. The molecule has 2 aromatic rings. The van der Waals surface area contributed by atoms with Crippen LogP contribution in [0.1, 0.15) is 15.9 Å². The number of halogens is 2. The van der Waals surface area contributed by atoms with Crippen LogP contribution in [0.2, 0.25) is 10.2 Å². The number of carbonyl (C=O) groups excluding carboxylic acids is 1. The van der Waals surface area contributed by atoms with Crippen molar-refractivity contribution in [1.29, 1.82) is 0 Å². The third-order valence-corrected chi connectivity index (χ3v) is 3.27. The number of carbonyl (C=O) groups is 1. The number of hydrogen-bond donors (Lipinski definition) is 2. The zero-order valence-corrected chi connectivity index (χ0v) is 12.3. The van der Waals surface area contributed by atoms with Gasteiger partial charge >= 0.3 is 0 Å². The minimum absolute atomic E-state index is 0.231. The number of nitrogens with zero attached hydrogens (tertiary/aromatic N) is 1. The summed E-state index contributed by atoms with van der Waals surface area (Å²) in [6, 6.07) is 10.5. The minimum atomic E-state index is -0.231. The number of pyridine rings is 1. The van der Waals surface area contributed by atoms with Crippen LogP contribution >= 0.6 is 23.2 Å². The lowest BCUT2D eigenvalue weighted by Gasteiger charge is -2.08. The largest absolute Gasteiger partial charge is 0.373 e. The molecule has 4 nitrogen and oxygen atoms in total. The first-order valence-electron chi connectivity index (χ1n) is 5.97. The highest BCUT2D eigenvalue weighted by atomic mass is 35.5. The number of anilines is 1. The van der Waals surface area contributed by atoms with E-state index in [9.17, 15) is 4.79 Å². The van der Waals surface area contributed by atoms with Crippen molar-refractivity contribution >= 4 is 34.9 Å². The van der Waals surface area contributed by atoms with E-state index in [0.29, 0.717) is 22.9 Å². The van der Waals surface area contributed by atoms with E-state index < -0.39 is 0 Å². The van der Waals surface area contributed by atoms with E-state index in [2.05, 4.69) is 15.6 Å². The van der Waals surface area contributed by atoms with Crippen molar-refractivity contribution in [3.8, 4) is 0 Å². The Morgan fingerprint density at radius 1 is 1.25 bits per heavy atom. The molecular weight excluding hydrogens is 297 g/mol. The second-order valence-corrected chi connectivity index (χ2v) is 4.88. The topological polar surface area (TPSA) is 54.0 Å². The summed E-state index contributed by atoms with van der Waals surface area (Å²) in [5, 5.41) is 6.53. The number of rotatable bonds is 4. The number of amides is 1. The van der Waals surface area contributed by atoms with Gasteiger partial charge in [0.25, 0.3) is 5.91 Å². The summed E-state index contributed by atoms with van der Waals surface area (Å²) in [6.45, 7) is 0.354. The highest BCUT2D eigenvalue weighted by molar-refractivity contribution is 6.31. The number of nitrogens with one attached hydrogen (secondary N) is 2. The smallest absolute Gasteiger partial charge is 0.251 e. The van der Waals surface area contributed by atoms with Gasteiger partial charge in [-0.3, -0.25) is 4.79 Å². The Bertz CT molecular complexity index is 632. The molecule has 1 amide bonds. The molecular formula is C14H13Cl2N3O. The molecule has 0 atom stereocenters. The van der Waals surface area contributed by atoms with Crippen LogP contribution < -0.4 is 10.6 Å². The Morgan fingerprint density at radius 3 is 2.70 bits per heavy atom. The summed E-state index contributed by atoms with van der Waals surface area (Å²) in [5.41, 5.74) is 1.30. The second-order valence-electron chi connectivity index (χ2n) is 4.09. The Morgan fingerprint density at radius 2 is 2.00 bits per heavy atom. The highest BCUT2D eigenvalue weighted by Crippen LogP contribution is 2.16. The normalized spacial score (nSPS) is 10.2. The van der Waals surface area contributed by atoms with Crippen LogP contribution in [0.25, 0.3) is 0 Å². The van der Waals surface area contributed by atoms with Crippen molar-refractivity contribution < 1.29 is 4.79 Å². The Labute approximate surface area is 127 Å². The summed E-state index contributed by atoms with van der Waals surface area (Å²) in [5.74, 6) is 0.311. The summed E-state index contributed by atoms with van der Waals surface area (Å²) < 4.78 is 0. The first-order valence-corrected chi connectivity index (χ1v) is 6.72. The molecule has 1 aromatic carbocycles. The summed E-state index contributed by atoms with van der Waals surface area (Å²) in [6.07, 6.45) is 0. The van der Waals surface area contributed by atoms with Crippen LogP contribution in [-0.4, -0.2) is 17.9 Å². The van der Waals surface area contributed by atoms with Gasteiger partial charge < -0.3 is 10.6 Å². The molecule has 0 bridgehead atoms. The van der Waals surface area contributed by atoms with Gasteiger partial charge in [-0.25, -0.2) is 4.98 Å². The van der Waals surface area contributed by atoms with Crippen molar-refractivity contribution in [2.24, 2.45) is 0 Å². The summed E-state index contributed by atoms with van der Waals surface area (Å²) >= 11 is 11.9. The van der Waals surface area contributed by atoms with Gasteiger partial charge in [0.2, 0.25) is 0 Å². The van der Waals surface area contributed by atoms with Crippen molar-refractivity contribution in [2.45, 2.75) is 6.54 Å². The van der Waals surface area contributed by atoms with E-state index in [0.717, 1.165) is 5.56 Å². The average molecular weight is 310 g/mol. The van der Waals surface area contributed by atoms with Crippen LogP contribution in [0, 0.1) is 0 Å². The van der Waals surface area contributed by atoms with Gasteiger partial charge in [0.05, 0.1) is 0 Å². The van der Waals surface area contributed by atoms with Gasteiger partial charge in [-0.05, 0) is 23.8 Å². The molecule has 0 aliphatic carbocycles. The zero-order chi connectivity index (χ0) is 14.5. The maximum atomic E-state index is 12.1. The van der Waals surface area contributed by atoms with Crippen LogP contribution in [0.5, 0.6) is 0 Å². The molecule has 0 radical (unpaired) electrons. The molecule has 0 saturated heterocycles. The molecule has 0 saturated carbocycles. The summed E-state index contributed by atoms with van der Waals surface area (Å²) in [7, 11) is 1.71. The van der Waals surface area contributed by atoms with E-state index >= 15 is 0 Å². The van der Waals surface area contributed by atoms with Gasteiger partial charge in [-0.15, -0.1) is 0 Å². The van der Waals surface area contributed by atoms with Crippen molar-refractivity contribution in [2.75, 3.05) is 12.4 Å². The molecule has 6 heteroatoms. The van der Waals surface area contributed by atoms with E-state index in [1.165, 1.54) is 6.07 Å². The molecule has 0 aliphatic rings. The van der Waals surface area contributed by atoms with Crippen LogP contribution in [0.3, 0.4) is 0 Å². The highest BCUT2D eigenvalue weighted by Gasteiger charge is 2.09. The fourth-order valence-corrected chi connectivity index (χ4v) is 2.09. The lowest BCUT2D eigenvalue weighted by Crippen LogP contribution is -2.23. The molecule has 0 fully saturated rings. The monoisotopic (exact) mass is 309 g/mol. The van der Waals surface area contributed by atoms with Crippen LogP contribution in [-0.2, 0) is 6.54 Å². The molecule has 2 rings (SSSR count). The Kier molecular flexibility index (Phi) is 4.82. The molecule has 0 spiro atoms.